The van der Waals surface area contributed by atoms with E-state index in [9.17, 15) is 4.79 Å². The van der Waals surface area contributed by atoms with E-state index in [4.69, 9.17) is 9.47 Å². The molecule has 0 heterocycles. The molecule has 1 aliphatic rings. The van der Waals surface area contributed by atoms with Crippen LogP contribution in [0.3, 0.4) is 0 Å². The van der Waals surface area contributed by atoms with Crippen LogP contribution in [0.15, 0.2) is 42.5 Å². The minimum absolute atomic E-state index is 0.307. The molecule has 21 heavy (non-hydrogen) atoms. The fourth-order valence-electron chi connectivity index (χ4n) is 3.37. The molecule has 0 radical (unpaired) electrons. The Labute approximate surface area is 124 Å². The molecule has 3 rings (SSSR count). The van der Waals surface area contributed by atoms with Gasteiger partial charge < -0.3 is 9.47 Å². The molecule has 2 aromatic rings. The average Bonchev–Trinajstić information content (AvgIpc) is 2.71. The molecule has 3 nitrogen and oxygen atoms in total. The molecule has 1 aliphatic carbocycles. The van der Waals surface area contributed by atoms with Crippen molar-refractivity contribution in [2.45, 2.75) is 19.4 Å². The molecule has 0 bridgehead atoms. The first-order valence-corrected chi connectivity index (χ1v) is 6.98. The molecule has 0 aliphatic heterocycles. The summed E-state index contributed by atoms with van der Waals surface area (Å²) in [5.74, 6) is -0.307. The minimum Gasteiger partial charge on any atom is -0.447 e. The molecule has 0 amide bonds. The number of hydrogen-bond donors (Lipinski definition) is 0. The van der Waals surface area contributed by atoms with Gasteiger partial charge in [0, 0.05) is 25.2 Å². The predicted octanol–water partition coefficient (Wildman–Crippen LogP) is 3.43. The zero-order chi connectivity index (χ0) is 15.0. The number of aryl methyl sites for hydroxylation is 1. The summed E-state index contributed by atoms with van der Waals surface area (Å²) in [5.41, 5.74) is 4.49. The fraction of sp³-hybridized carbons (Fsp3) is 0.278. The summed E-state index contributed by atoms with van der Waals surface area (Å²) in [7, 11) is 1.63. The van der Waals surface area contributed by atoms with Crippen molar-refractivity contribution in [1.29, 1.82) is 0 Å². The van der Waals surface area contributed by atoms with E-state index >= 15 is 0 Å². The van der Waals surface area contributed by atoms with E-state index < -0.39 is 5.60 Å². The quantitative estimate of drug-likeness (QED) is 0.809. The number of methoxy groups -OCH3 is 1. The Morgan fingerprint density at radius 1 is 1.10 bits per heavy atom. The van der Waals surface area contributed by atoms with Gasteiger partial charge in [-0.1, -0.05) is 42.5 Å². The maximum Gasteiger partial charge on any atom is 0.303 e. The number of benzene rings is 2. The lowest BCUT2D eigenvalue weighted by atomic mass is 9.89. The van der Waals surface area contributed by atoms with E-state index in [2.05, 4.69) is 12.1 Å². The van der Waals surface area contributed by atoms with Gasteiger partial charge in [-0.3, -0.25) is 4.79 Å². The molecule has 1 unspecified atom stereocenters. The smallest absolute Gasteiger partial charge is 0.303 e. The normalized spacial score (nSPS) is 19.0. The summed E-state index contributed by atoms with van der Waals surface area (Å²) in [6.45, 7) is 3.79. The molecule has 2 aromatic carbocycles. The number of esters is 1. The number of ether oxygens (including phenoxy) is 2. The summed E-state index contributed by atoms with van der Waals surface area (Å²) in [4.78, 5) is 11.7. The van der Waals surface area contributed by atoms with Crippen LogP contribution < -0.4 is 0 Å². The van der Waals surface area contributed by atoms with Gasteiger partial charge in [0.2, 0.25) is 0 Å². The molecule has 108 valence electrons. The van der Waals surface area contributed by atoms with Gasteiger partial charge in [0.25, 0.3) is 0 Å². The molecule has 0 aromatic heterocycles. The van der Waals surface area contributed by atoms with Crippen LogP contribution in [0.1, 0.15) is 23.6 Å². The van der Waals surface area contributed by atoms with Crippen molar-refractivity contribution in [2.75, 3.05) is 13.7 Å². The van der Waals surface area contributed by atoms with Crippen molar-refractivity contribution in [1.82, 2.24) is 0 Å². The Bertz CT molecular complexity index is 705. The molecule has 0 N–H and O–H groups in total. The molecule has 0 fully saturated rings. The van der Waals surface area contributed by atoms with Gasteiger partial charge in [0.15, 0.2) is 5.60 Å². The monoisotopic (exact) mass is 282 g/mol. The van der Waals surface area contributed by atoms with Gasteiger partial charge in [0.05, 0.1) is 6.61 Å². The topological polar surface area (TPSA) is 35.5 Å². The SMILES string of the molecule is COCC1(OC(C)=O)c2ccccc2-c2cccc(C)c21. The van der Waals surface area contributed by atoms with E-state index in [1.54, 1.807) is 7.11 Å². The van der Waals surface area contributed by atoms with E-state index in [0.717, 1.165) is 27.8 Å². The van der Waals surface area contributed by atoms with E-state index in [1.807, 2.05) is 37.3 Å². The van der Waals surface area contributed by atoms with Crippen LogP contribution in [0.25, 0.3) is 11.1 Å². The summed E-state index contributed by atoms with van der Waals surface area (Å²) in [5, 5.41) is 0. The second-order valence-electron chi connectivity index (χ2n) is 5.40. The molecular weight excluding hydrogens is 264 g/mol. The Morgan fingerprint density at radius 2 is 1.81 bits per heavy atom. The van der Waals surface area contributed by atoms with Gasteiger partial charge in [-0.15, -0.1) is 0 Å². The third-order valence-corrected chi connectivity index (χ3v) is 3.99. The van der Waals surface area contributed by atoms with Gasteiger partial charge in [-0.05, 0) is 23.6 Å². The number of rotatable bonds is 3. The summed E-state index contributed by atoms with van der Waals surface area (Å²) in [6, 6.07) is 14.2. The Balaban J connectivity index is 2.35. The maximum absolute atomic E-state index is 11.7. The van der Waals surface area contributed by atoms with Crippen LogP contribution in [0.4, 0.5) is 0 Å². The maximum atomic E-state index is 11.7. The van der Waals surface area contributed by atoms with E-state index in [1.165, 1.54) is 6.92 Å². The van der Waals surface area contributed by atoms with Crippen molar-refractivity contribution in [3.05, 3.63) is 59.2 Å². The summed E-state index contributed by atoms with van der Waals surface area (Å²) < 4.78 is 11.2. The minimum atomic E-state index is -0.849. The highest BCUT2D eigenvalue weighted by atomic mass is 16.6. The number of hydrogen-bond acceptors (Lipinski definition) is 3. The second kappa shape index (κ2) is 5.01. The lowest BCUT2D eigenvalue weighted by Gasteiger charge is -2.31. The molecule has 0 saturated heterocycles. The van der Waals surface area contributed by atoms with E-state index in [-0.39, 0.29) is 5.97 Å². The first kappa shape index (κ1) is 13.8. The third kappa shape index (κ3) is 1.96. The zero-order valence-electron chi connectivity index (χ0n) is 12.5. The van der Waals surface area contributed by atoms with Gasteiger partial charge in [-0.2, -0.15) is 0 Å². The summed E-state index contributed by atoms with van der Waals surface area (Å²) >= 11 is 0. The van der Waals surface area contributed by atoms with Crippen molar-refractivity contribution in [3.8, 4) is 11.1 Å². The highest BCUT2D eigenvalue weighted by Gasteiger charge is 2.47. The second-order valence-corrected chi connectivity index (χ2v) is 5.40. The Morgan fingerprint density at radius 3 is 2.52 bits per heavy atom. The zero-order valence-corrected chi connectivity index (χ0v) is 12.5. The third-order valence-electron chi connectivity index (χ3n) is 3.99. The van der Waals surface area contributed by atoms with Crippen molar-refractivity contribution in [2.24, 2.45) is 0 Å². The molecule has 1 atom stereocenters. The van der Waals surface area contributed by atoms with Crippen molar-refractivity contribution < 1.29 is 14.3 Å². The van der Waals surface area contributed by atoms with Crippen LogP contribution in [-0.2, 0) is 19.9 Å². The number of fused-ring (bicyclic) bond motifs is 3. The molecule has 3 heteroatoms. The standard InChI is InChI=1S/C18H18O3/c1-12-7-6-9-15-14-8-4-5-10-16(14)18(11-20-3,17(12)15)21-13(2)19/h4-10H,11H2,1-3H3. The van der Waals surface area contributed by atoms with Crippen LogP contribution in [0.5, 0.6) is 0 Å². The van der Waals surface area contributed by atoms with Crippen LogP contribution in [0.2, 0.25) is 0 Å². The van der Waals surface area contributed by atoms with Crippen molar-refractivity contribution >= 4 is 5.97 Å². The highest BCUT2D eigenvalue weighted by molar-refractivity contribution is 5.83. The van der Waals surface area contributed by atoms with Crippen LogP contribution in [0, 0.1) is 6.92 Å². The van der Waals surface area contributed by atoms with Crippen molar-refractivity contribution in [3.63, 3.8) is 0 Å². The van der Waals surface area contributed by atoms with Crippen LogP contribution >= 0.6 is 0 Å². The molecule has 0 spiro atoms. The summed E-state index contributed by atoms with van der Waals surface area (Å²) in [6.07, 6.45) is 0. The van der Waals surface area contributed by atoms with E-state index in [0.29, 0.717) is 6.61 Å². The lowest BCUT2D eigenvalue weighted by molar-refractivity contribution is -0.158. The lowest BCUT2D eigenvalue weighted by Crippen LogP contribution is -2.36. The average molecular weight is 282 g/mol. The number of carbonyl (C=O) groups excluding carboxylic acids is 1. The molecule has 0 saturated carbocycles. The van der Waals surface area contributed by atoms with Gasteiger partial charge in [0.1, 0.15) is 0 Å². The number of carbonyl (C=O) groups is 1. The predicted molar refractivity (Wildman–Crippen MR) is 81.0 cm³/mol. The fourth-order valence-corrected chi connectivity index (χ4v) is 3.37. The van der Waals surface area contributed by atoms with Gasteiger partial charge in [-0.25, -0.2) is 0 Å². The largest absolute Gasteiger partial charge is 0.447 e. The first-order valence-electron chi connectivity index (χ1n) is 6.98. The highest BCUT2D eigenvalue weighted by Crippen LogP contribution is 2.51. The Kier molecular flexibility index (Phi) is 3.30. The first-order chi connectivity index (χ1) is 10.1. The molecular formula is C18H18O3. The Hall–Kier alpha value is -2.13. The van der Waals surface area contributed by atoms with Gasteiger partial charge >= 0.3 is 5.97 Å². The van der Waals surface area contributed by atoms with Crippen LogP contribution in [-0.4, -0.2) is 19.7 Å².